The molecule has 0 aromatic heterocycles. The summed E-state index contributed by atoms with van der Waals surface area (Å²) in [5.41, 5.74) is 1.19. The molecule has 0 aliphatic carbocycles. The van der Waals surface area contributed by atoms with Gasteiger partial charge >= 0.3 is 12.1 Å². The van der Waals surface area contributed by atoms with Gasteiger partial charge in [-0.3, -0.25) is 14.3 Å². The van der Waals surface area contributed by atoms with Crippen LogP contribution in [0.25, 0.3) is 0 Å². The number of aromatic hydroxyl groups is 1. The topological polar surface area (TPSA) is 210 Å². The molecule has 0 saturated carbocycles. The van der Waals surface area contributed by atoms with Gasteiger partial charge in [0.2, 0.25) is 21.8 Å². The molecule has 1 unspecified atom stereocenters. The van der Waals surface area contributed by atoms with Crippen LogP contribution in [0.2, 0.25) is 0 Å². The van der Waals surface area contributed by atoms with Crippen molar-refractivity contribution < 1.29 is 46.9 Å². The average Bonchev–Trinajstić information content (AvgIpc) is 3.34. The summed E-state index contributed by atoms with van der Waals surface area (Å²) in [5.74, 6) is -2.23. The molecule has 2 atom stereocenters. The fraction of sp³-hybridized carbons (Fsp3) is 0.281. The number of phenols is 1. The molecule has 0 spiro atoms. The van der Waals surface area contributed by atoms with Crippen molar-refractivity contribution in [2.24, 2.45) is 0 Å². The number of methoxy groups -OCH3 is 1. The van der Waals surface area contributed by atoms with Crippen molar-refractivity contribution >= 4 is 33.9 Å². The van der Waals surface area contributed by atoms with Gasteiger partial charge in [0.25, 0.3) is 0 Å². The largest absolute Gasteiger partial charge is 0.507 e. The van der Waals surface area contributed by atoms with Crippen molar-refractivity contribution in [3.8, 4) is 17.6 Å². The van der Waals surface area contributed by atoms with Crippen molar-refractivity contribution in [3.63, 3.8) is 0 Å². The molecule has 1 heterocycles. The second-order valence-corrected chi connectivity index (χ2v) is 12.3. The highest BCUT2D eigenvalue weighted by Crippen LogP contribution is 2.33. The van der Waals surface area contributed by atoms with Gasteiger partial charge in [0.05, 0.1) is 31.8 Å². The van der Waals surface area contributed by atoms with Gasteiger partial charge < -0.3 is 30.0 Å². The summed E-state index contributed by atoms with van der Waals surface area (Å²) in [7, 11) is -2.82. The third-order valence-corrected chi connectivity index (χ3v) is 8.80. The maximum atomic E-state index is 13.3. The predicted molar refractivity (Wildman–Crippen MR) is 165 cm³/mol. The van der Waals surface area contributed by atoms with E-state index in [1.165, 1.54) is 43.5 Å². The van der Waals surface area contributed by atoms with Gasteiger partial charge in [-0.15, -0.1) is 0 Å². The molecular formula is C32H32N4O10S. The molecule has 4 N–H and O–H groups in total. The third kappa shape index (κ3) is 8.98. The predicted octanol–water partition coefficient (Wildman–Crippen LogP) is 2.36. The molecule has 3 aromatic carbocycles. The lowest BCUT2D eigenvalue weighted by Gasteiger charge is -2.19. The number of nitriles is 1. The standard InChI is InChI=1S/C32H32N4O10S/c1-44-31(40)29-25(37)9-5-10-26(29)45-14-6-13-34-30(39)24(35-32(41)46-19-20-7-3-2-4-8-20)16-21-11-12-23(22(15-21)18-33)27-17-28(38)36-47(27,42)43/h2-5,7-12,15,24,27,37H,6,13-14,16-17,19H2,1H3,(H,34,39)(H,35,41)(H,36,38)/t24-,27?/m0/s1. The molecule has 14 nitrogen and oxygen atoms in total. The monoisotopic (exact) mass is 664 g/mol. The lowest BCUT2D eigenvalue weighted by Crippen LogP contribution is -2.48. The van der Waals surface area contributed by atoms with Gasteiger partial charge in [-0.25, -0.2) is 18.0 Å². The number of phenolic OH excluding ortho intramolecular Hbond substituents is 1. The molecule has 3 aromatic rings. The number of nitrogens with zero attached hydrogens (tertiary/aromatic N) is 1. The Morgan fingerprint density at radius 1 is 1.09 bits per heavy atom. The fourth-order valence-corrected chi connectivity index (χ4v) is 6.28. The minimum absolute atomic E-state index is 0.00816. The molecule has 0 bridgehead atoms. The zero-order chi connectivity index (χ0) is 34.0. The van der Waals surface area contributed by atoms with E-state index in [2.05, 4.69) is 15.4 Å². The number of carbonyl (C=O) groups excluding carboxylic acids is 4. The number of rotatable bonds is 13. The molecule has 246 valence electrons. The van der Waals surface area contributed by atoms with Crippen LogP contribution < -0.4 is 20.1 Å². The molecule has 1 aliphatic rings. The average molecular weight is 665 g/mol. The Kier molecular flexibility index (Phi) is 11.4. The minimum Gasteiger partial charge on any atom is -0.507 e. The van der Waals surface area contributed by atoms with Crippen LogP contribution in [-0.4, -0.2) is 63.7 Å². The van der Waals surface area contributed by atoms with E-state index >= 15 is 0 Å². The van der Waals surface area contributed by atoms with Crippen molar-refractivity contribution in [1.29, 1.82) is 5.26 Å². The number of benzene rings is 3. The summed E-state index contributed by atoms with van der Waals surface area (Å²) in [5, 5.41) is 23.8. The first kappa shape index (κ1) is 34.3. The van der Waals surface area contributed by atoms with Gasteiger partial charge in [-0.2, -0.15) is 5.26 Å². The van der Waals surface area contributed by atoms with Gasteiger partial charge in [-0.05, 0) is 41.3 Å². The Morgan fingerprint density at radius 3 is 2.53 bits per heavy atom. The third-order valence-electron chi connectivity index (χ3n) is 7.12. The first-order valence-electron chi connectivity index (χ1n) is 14.4. The highest BCUT2D eigenvalue weighted by molar-refractivity contribution is 7.90. The van der Waals surface area contributed by atoms with E-state index in [0.717, 1.165) is 5.56 Å². The normalized spacial score (nSPS) is 15.4. The number of carbonyl (C=O) groups is 4. The number of esters is 1. The molecule has 4 rings (SSSR count). The van der Waals surface area contributed by atoms with Crippen LogP contribution in [0.4, 0.5) is 4.79 Å². The number of hydrogen-bond donors (Lipinski definition) is 4. The van der Waals surface area contributed by atoms with Crippen LogP contribution in [0.1, 0.15) is 50.7 Å². The summed E-state index contributed by atoms with van der Waals surface area (Å²) < 4.78 is 42.3. The SMILES string of the molecule is COC(=O)c1c(O)cccc1OCCCNC(=O)[C@H](Cc1ccc(C2CC(=O)NS2(=O)=O)c(C#N)c1)NC(=O)OCc1ccccc1. The highest BCUT2D eigenvalue weighted by atomic mass is 32.2. The number of sulfonamides is 1. The van der Waals surface area contributed by atoms with Crippen molar-refractivity contribution in [2.45, 2.75) is 37.2 Å². The van der Waals surface area contributed by atoms with E-state index in [1.54, 1.807) is 24.3 Å². The molecule has 1 aliphatic heterocycles. The Hall–Kier alpha value is -5.62. The van der Waals surface area contributed by atoms with Crippen molar-refractivity contribution in [2.75, 3.05) is 20.3 Å². The molecule has 15 heteroatoms. The van der Waals surface area contributed by atoms with Crippen LogP contribution in [0.15, 0.2) is 66.7 Å². The molecule has 1 fully saturated rings. The molecule has 47 heavy (non-hydrogen) atoms. The first-order valence-corrected chi connectivity index (χ1v) is 15.9. The van der Waals surface area contributed by atoms with Crippen LogP contribution in [0.5, 0.6) is 11.5 Å². The van der Waals surface area contributed by atoms with E-state index in [0.29, 0.717) is 5.56 Å². The Balaban J connectivity index is 1.43. The quantitative estimate of drug-likeness (QED) is 0.154. The van der Waals surface area contributed by atoms with Crippen molar-refractivity contribution in [1.82, 2.24) is 15.4 Å². The minimum atomic E-state index is -3.99. The van der Waals surface area contributed by atoms with Gasteiger partial charge in [-0.1, -0.05) is 48.5 Å². The maximum absolute atomic E-state index is 13.3. The van der Waals surface area contributed by atoms with E-state index < -0.39 is 45.2 Å². The van der Waals surface area contributed by atoms with Crippen LogP contribution in [0.3, 0.4) is 0 Å². The van der Waals surface area contributed by atoms with Crippen molar-refractivity contribution in [3.05, 3.63) is 94.5 Å². The lowest BCUT2D eigenvalue weighted by atomic mass is 9.97. The lowest BCUT2D eigenvalue weighted by molar-refractivity contribution is -0.123. The number of hydrogen-bond acceptors (Lipinski definition) is 11. The summed E-state index contributed by atoms with van der Waals surface area (Å²) in [6, 6.07) is 18.4. The fourth-order valence-electron chi connectivity index (χ4n) is 4.82. The Morgan fingerprint density at radius 2 is 1.85 bits per heavy atom. The van der Waals surface area contributed by atoms with Crippen LogP contribution in [-0.2, 0) is 42.1 Å². The van der Waals surface area contributed by atoms with Crippen LogP contribution >= 0.6 is 0 Å². The summed E-state index contributed by atoms with van der Waals surface area (Å²) in [6.07, 6.45) is -0.994. The van der Waals surface area contributed by atoms with E-state index in [1.807, 2.05) is 16.9 Å². The molecule has 1 saturated heterocycles. The molecular weight excluding hydrogens is 632 g/mol. The van der Waals surface area contributed by atoms with Crippen LogP contribution in [0, 0.1) is 11.3 Å². The maximum Gasteiger partial charge on any atom is 0.408 e. The highest BCUT2D eigenvalue weighted by Gasteiger charge is 2.39. The first-order chi connectivity index (χ1) is 22.5. The Bertz CT molecular complexity index is 1790. The number of alkyl carbamates (subject to hydrolysis) is 1. The number of nitrogens with one attached hydrogen (secondary N) is 3. The summed E-state index contributed by atoms with van der Waals surface area (Å²) in [4.78, 5) is 49.7. The summed E-state index contributed by atoms with van der Waals surface area (Å²) >= 11 is 0. The second kappa shape index (κ2) is 15.6. The van der Waals surface area contributed by atoms with Gasteiger partial charge in [0.15, 0.2) is 0 Å². The number of ether oxygens (including phenoxy) is 3. The Labute approximate surface area is 270 Å². The van der Waals surface area contributed by atoms with Gasteiger partial charge in [0, 0.05) is 13.0 Å². The van der Waals surface area contributed by atoms with E-state index in [4.69, 9.17) is 9.47 Å². The van der Waals surface area contributed by atoms with E-state index in [-0.39, 0.29) is 67.2 Å². The molecule has 3 amide bonds. The zero-order valence-corrected chi connectivity index (χ0v) is 26.0. The van der Waals surface area contributed by atoms with E-state index in [9.17, 15) is 38.0 Å². The number of amides is 3. The second-order valence-electron chi connectivity index (χ2n) is 10.4. The summed E-state index contributed by atoms with van der Waals surface area (Å²) in [6.45, 7) is 0.113. The molecule has 0 radical (unpaired) electrons. The zero-order valence-electron chi connectivity index (χ0n) is 25.2. The van der Waals surface area contributed by atoms with Gasteiger partial charge in [0.1, 0.15) is 35.0 Å². The smallest absolute Gasteiger partial charge is 0.408 e.